The quantitative estimate of drug-likeness (QED) is 0.651. The molecule has 0 aliphatic heterocycles. The third kappa shape index (κ3) is 7.15. The molecular formula is C9H16F3NO. The average molecular weight is 211 g/mol. The van der Waals surface area contributed by atoms with Gasteiger partial charge in [-0.15, -0.1) is 0 Å². The zero-order chi connectivity index (χ0) is 10.4. The van der Waals surface area contributed by atoms with E-state index < -0.39 is 12.6 Å². The first kappa shape index (κ1) is 11.8. The number of hydrogen-bond donors (Lipinski definition) is 1. The van der Waals surface area contributed by atoms with Crippen LogP contribution in [0.25, 0.3) is 0 Å². The van der Waals surface area contributed by atoms with E-state index in [4.69, 9.17) is 4.74 Å². The number of rotatable bonds is 7. The van der Waals surface area contributed by atoms with Crippen LogP contribution in [-0.2, 0) is 4.74 Å². The summed E-state index contributed by atoms with van der Waals surface area (Å²) in [4.78, 5) is 0. The molecule has 14 heavy (non-hydrogen) atoms. The molecule has 0 bridgehead atoms. The first-order chi connectivity index (χ1) is 6.58. The average Bonchev–Trinajstić information content (AvgIpc) is 2.84. The summed E-state index contributed by atoms with van der Waals surface area (Å²) in [7, 11) is 0. The Kier molecular flexibility index (Phi) is 4.68. The smallest absolute Gasteiger partial charge is 0.381 e. The predicted molar refractivity (Wildman–Crippen MR) is 47.1 cm³/mol. The number of hydrogen-bond acceptors (Lipinski definition) is 2. The molecule has 0 spiro atoms. The van der Waals surface area contributed by atoms with Gasteiger partial charge in [0.2, 0.25) is 0 Å². The summed E-state index contributed by atoms with van der Waals surface area (Å²) in [6, 6.07) is 0.658. The standard InChI is InChI=1S/C9H16F3NO/c10-9(11,12)4-7-14-6-1-5-13-8-2-3-8/h8,13H,1-7H2. The van der Waals surface area contributed by atoms with Crippen molar-refractivity contribution in [1.82, 2.24) is 5.32 Å². The van der Waals surface area contributed by atoms with E-state index in [-0.39, 0.29) is 6.61 Å². The fourth-order valence-electron chi connectivity index (χ4n) is 1.06. The molecule has 0 aromatic heterocycles. The Labute approximate surface area is 81.8 Å². The van der Waals surface area contributed by atoms with E-state index in [9.17, 15) is 13.2 Å². The molecular weight excluding hydrogens is 195 g/mol. The second kappa shape index (κ2) is 5.56. The largest absolute Gasteiger partial charge is 0.391 e. The highest BCUT2D eigenvalue weighted by Crippen LogP contribution is 2.19. The van der Waals surface area contributed by atoms with Gasteiger partial charge < -0.3 is 10.1 Å². The number of ether oxygens (including phenoxy) is 1. The second-order valence-corrected chi connectivity index (χ2v) is 3.56. The zero-order valence-electron chi connectivity index (χ0n) is 8.07. The van der Waals surface area contributed by atoms with Crippen molar-refractivity contribution in [1.29, 1.82) is 0 Å². The van der Waals surface area contributed by atoms with Crippen molar-refractivity contribution in [2.24, 2.45) is 0 Å². The summed E-state index contributed by atoms with van der Waals surface area (Å²) < 4.78 is 39.8. The highest BCUT2D eigenvalue weighted by atomic mass is 19.4. The van der Waals surface area contributed by atoms with Gasteiger partial charge >= 0.3 is 6.18 Å². The minimum atomic E-state index is -4.09. The van der Waals surface area contributed by atoms with Gasteiger partial charge in [-0.2, -0.15) is 13.2 Å². The highest BCUT2D eigenvalue weighted by Gasteiger charge is 2.26. The van der Waals surface area contributed by atoms with Crippen molar-refractivity contribution in [3.8, 4) is 0 Å². The topological polar surface area (TPSA) is 21.3 Å². The summed E-state index contributed by atoms with van der Waals surface area (Å²) in [6.07, 6.45) is -1.69. The number of nitrogens with one attached hydrogen (secondary N) is 1. The summed E-state index contributed by atoms with van der Waals surface area (Å²) in [6.45, 7) is 1.04. The van der Waals surface area contributed by atoms with Crippen LogP contribution in [0.1, 0.15) is 25.7 Å². The van der Waals surface area contributed by atoms with E-state index >= 15 is 0 Å². The van der Waals surface area contributed by atoms with Crippen LogP contribution in [0.15, 0.2) is 0 Å². The molecule has 84 valence electrons. The van der Waals surface area contributed by atoms with Crippen molar-refractivity contribution in [2.45, 2.75) is 37.9 Å². The Bertz CT molecular complexity index is 157. The highest BCUT2D eigenvalue weighted by molar-refractivity contribution is 4.80. The Balaban J connectivity index is 1.75. The first-order valence-corrected chi connectivity index (χ1v) is 4.96. The molecule has 1 aliphatic carbocycles. The molecule has 0 aromatic carbocycles. The maximum Gasteiger partial charge on any atom is 0.391 e. The molecule has 1 rings (SSSR count). The molecule has 0 heterocycles. The number of alkyl halides is 3. The van der Waals surface area contributed by atoms with Gasteiger partial charge in [0.15, 0.2) is 0 Å². The lowest BCUT2D eigenvalue weighted by molar-refractivity contribution is -0.145. The third-order valence-electron chi connectivity index (χ3n) is 2.01. The van der Waals surface area contributed by atoms with E-state index in [0.29, 0.717) is 12.6 Å². The Morgan fingerprint density at radius 3 is 2.50 bits per heavy atom. The monoisotopic (exact) mass is 211 g/mol. The minimum absolute atomic E-state index is 0.215. The van der Waals surface area contributed by atoms with Crippen molar-refractivity contribution in [3.05, 3.63) is 0 Å². The van der Waals surface area contributed by atoms with Crippen molar-refractivity contribution >= 4 is 0 Å². The molecule has 1 saturated carbocycles. The third-order valence-corrected chi connectivity index (χ3v) is 2.01. The van der Waals surface area contributed by atoms with E-state index in [2.05, 4.69) is 5.32 Å². The van der Waals surface area contributed by atoms with Gasteiger partial charge in [0.05, 0.1) is 13.0 Å². The van der Waals surface area contributed by atoms with Crippen molar-refractivity contribution in [3.63, 3.8) is 0 Å². The lowest BCUT2D eigenvalue weighted by Gasteiger charge is -2.07. The van der Waals surface area contributed by atoms with Crippen molar-refractivity contribution < 1.29 is 17.9 Å². The van der Waals surface area contributed by atoms with Crippen LogP contribution >= 0.6 is 0 Å². The second-order valence-electron chi connectivity index (χ2n) is 3.56. The van der Waals surface area contributed by atoms with Crippen LogP contribution in [0.4, 0.5) is 13.2 Å². The summed E-state index contributed by atoms with van der Waals surface area (Å²) >= 11 is 0. The van der Waals surface area contributed by atoms with Gasteiger partial charge in [-0.25, -0.2) is 0 Å². The SMILES string of the molecule is FC(F)(F)CCOCCCNC1CC1. The lowest BCUT2D eigenvalue weighted by Crippen LogP contribution is -2.19. The van der Waals surface area contributed by atoms with Gasteiger partial charge in [-0.05, 0) is 25.8 Å². The van der Waals surface area contributed by atoms with Crippen molar-refractivity contribution in [2.75, 3.05) is 19.8 Å². The molecule has 2 nitrogen and oxygen atoms in total. The fraction of sp³-hybridized carbons (Fsp3) is 1.00. The summed E-state index contributed by atoms with van der Waals surface area (Å²) in [5.74, 6) is 0. The first-order valence-electron chi connectivity index (χ1n) is 4.96. The maximum atomic E-state index is 11.7. The predicted octanol–water partition coefficient (Wildman–Crippen LogP) is 2.10. The van der Waals surface area contributed by atoms with Crippen LogP contribution in [0.2, 0.25) is 0 Å². The van der Waals surface area contributed by atoms with Crippen LogP contribution < -0.4 is 5.32 Å². The minimum Gasteiger partial charge on any atom is -0.381 e. The van der Waals surface area contributed by atoms with E-state index in [1.165, 1.54) is 12.8 Å². The molecule has 0 aromatic rings. The zero-order valence-corrected chi connectivity index (χ0v) is 8.07. The summed E-state index contributed by atoms with van der Waals surface area (Å²) in [5.41, 5.74) is 0. The van der Waals surface area contributed by atoms with Crippen LogP contribution in [0.5, 0.6) is 0 Å². The molecule has 5 heteroatoms. The van der Waals surface area contributed by atoms with E-state index in [1.807, 2.05) is 0 Å². The molecule has 0 atom stereocenters. The maximum absolute atomic E-state index is 11.7. The van der Waals surface area contributed by atoms with Gasteiger partial charge in [-0.1, -0.05) is 0 Å². The van der Waals surface area contributed by atoms with Gasteiger partial charge in [-0.3, -0.25) is 0 Å². The molecule has 0 amide bonds. The molecule has 0 radical (unpaired) electrons. The van der Waals surface area contributed by atoms with E-state index in [0.717, 1.165) is 13.0 Å². The normalized spacial score (nSPS) is 17.4. The Morgan fingerprint density at radius 1 is 1.21 bits per heavy atom. The van der Waals surface area contributed by atoms with Crippen LogP contribution in [0, 0.1) is 0 Å². The Morgan fingerprint density at radius 2 is 1.93 bits per heavy atom. The van der Waals surface area contributed by atoms with Crippen LogP contribution in [-0.4, -0.2) is 32.0 Å². The van der Waals surface area contributed by atoms with Crippen LogP contribution in [0.3, 0.4) is 0 Å². The van der Waals surface area contributed by atoms with Gasteiger partial charge in [0.25, 0.3) is 0 Å². The summed E-state index contributed by atoms with van der Waals surface area (Å²) in [5, 5.41) is 3.26. The van der Waals surface area contributed by atoms with E-state index in [1.54, 1.807) is 0 Å². The molecule has 1 N–H and O–H groups in total. The fourth-order valence-corrected chi connectivity index (χ4v) is 1.06. The molecule has 1 fully saturated rings. The van der Waals surface area contributed by atoms with Gasteiger partial charge in [0, 0.05) is 12.6 Å². The lowest BCUT2D eigenvalue weighted by atomic mass is 10.4. The Hall–Kier alpha value is -0.290. The molecule has 1 aliphatic rings. The van der Waals surface area contributed by atoms with Gasteiger partial charge in [0.1, 0.15) is 0 Å². The number of halogens is 3. The molecule has 0 unspecified atom stereocenters. The molecule has 0 saturated heterocycles.